The van der Waals surface area contributed by atoms with Crippen molar-refractivity contribution in [3.8, 4) is 0 Å². The molecule has 1 aliphatic rings. The zero-order valence-corrected chi connectivity index (χ0v) is 10.8. The molecule has 0 N–H and O–H groups in total. The fourth-order valence-corrected chi connectivity index (χ4v) is 1.89. The molecule has 0 unspecified atom stereocenters. The van der Waals surface area contributed by atoms with E-state index < -0.39 is 0 Å². The average molecular weight is 242 g/mol. The Bertz CT molecular complexity index is 268. The van der Waals surface area contributed by atoms with Crippen molar-refractivity contribution in [2.45, 2.75) is 32.6 Å². The molecule has 0 spiro atoms. The molecule has 5 nitrogen and oxygen atoms in total. The van der Waals surface area contributed by atoms with Crippen molar-refractivity contribution in [2.75, 3.05) is 33.3 Å². The summed E-state index contributed by atoms with van der Waals surface area (Å²) in [5, 5.41) is 0. The van der Waals surface area contributed by atoms with Gasteiger partial charge in [0.1, 0.15) is 0 Å². The van der Waals surface area contributed by atoms with Gasteiger partial charge >= 0.3 is 12.0 Å². The third-order valence-corrected chi connectivity index (χ3v) is 2.92. The topological polar surface area (TPSA) is 49.9 Å². The number of likely N-dealkylation sites (N-methyl/N-ethyl adjacent to an activating group) is 1. The largest absolute Gasteiger partial charge is 0.466 e. The Morgan fingerprint density at radius 2 is 2.06 bits per heavy atom. The summed E-state index contributed by atoms with van der Waals surface area (Å²) >= 11 is 0. The van der Waals surface area contributed by atoms with Crippen LogP contribution in [0.5, 0.6) is 0 Å². The van der Waals surface area contributed by atoms with Gasteiger partial charge in [-0.05, 0) is 19.8 Å². The molecule has 0 radical (unpaired) electrons. The molecular weight excluding hydrogens is 220 g/mol. The van der Waals surface area contributed by atoms with Crippen LogP contribution < -0.4 is 0 Å². The van der Waals surface area contributed by atoms with Crippen LogP contribution in [-0.2, 0) is 9.53 Å². The van der Waals surface area contributed by atoms with Crippen molar-refractivity contribution in [1.82, 2.24) is 9.80 Å². The lowest BCUT2D eigenvalue weighted by Gasteiger charge is -2.15. The van der Waals surface area contributed by atoms with Crippen LogP contribution >= 0.6 is 0 Å². The average Bonchev–Trinajstić information content (AvgIpc) is 2.60. The number of hydrogen-bond donors (Lipinski definition) is 0. The number of hydrogen-bond acceptors (Lipinski definition) is 3. The van der Waals surface area contributed by atoms with Gasteiger partial charge in [0.25, 0.3) is 0 Å². The smallest absolute Gasteiger partial charge is 0.319 e. The molecule has 0 aromatic carbocycles. The van der Waals surface area contributed by atoms with E-state index in [2.05, 4.69) is 0 Å². The standard InChI is InChI=1S/C12H22N2O3/c1-3-17-11(15)7-5-4-6-8-14-10-9-13(2)12(14)16/h3-10H2,1-2H3. The first kappa shape index (κ1) is 13.8. The number of carbonyl (C=O) groups excluding carboxylic acids is 2. The Morgan fingerprint density at radius 1 is 1.29 bits per heavy atom. The maximum absolute atomic E-state index is 11.5. The van der Waals surface area contributed by atoms with E-state index in [-0.39, 0.29) is 12.0 Å². The van der Waals surface area contributed by atoms with Gasteiger partial charge in [0.2, 0.25) is 0 Å². The van der Waals surface area contributed by atoms with E-state index in [1.807, 2.05) is 18.9 Å². The van der Waals surface area contributed by atoms with Crippen molar-refractivity contribution in [3.63, 3.8) is 0 Å². The van der Waals surface area contributed by atoms with Crippen molar-refractivity contribution < 1.29 is 14.3 Å². The minimum Gasteiger partial charge on any atom is -0.466 e. The third-order valence-electron chi connectivity index (χ3n) is 2.92. The van der Waals surface area contributed by atoms with Crippen LogP contribution in [0.2, 0.25) is 0 Å². The molecule has 5 heteroatoms. The van der Waals surface area contributed by atoms with Crippen LogP contribution in [0.25, 0.3) is 0 Å². The van der Waals surface area contributed by atoms with Gasteiger partial charge in [0, 0.05) is 33.1 Å². The van der Waals surface area contributed by atoms with Gasteiger partial charge in [-0.1, -0.05) is 6.42 Å². The summed E-state index contributed by atoms with van der Waals surface area (Å²) in [6.07, 6.45) is 3.25. The quantitative estimate of drug-likeness (QED) is 0.502. The maximum Gasteiger partial charge on any atom is 0.319 e. The number of esters is 1. The molecule has 0 aromatic rings. The third kappa shape index (κ3) is 4.63. The molecule has 2 amide bonds. The Hall–Kier alpha value is -1.26. The van der Waals surface area contributed by atoms with E-state index in [1.165, 1.54) is 0 Å². The molecule has 98 valence electrons. The highest BCUT2D eigenvalue weighted by molar-refractivity contribution is 5.76. The molecule has 1 saturated heterocycles. The van der Waals surface area contributed by atoms with Crippen LogP contribution in [0.15, 0.2) is 0 Å². The Labute approximate surface area is 103 Å². The summed E-state index contributed by atoms with van der Waals surface area (Å²) in [4.78, 5) is 26.2. The minimum atomic E-state index is -0.121. The first-order chi connectivity index (χ1) is 8.15. The summed E-state index contributed by atoms with van der Waals surface area (Å²) in [7, 11) is 1.82. The number of nitrogens with zero attached hydrogens (tertiary/aromatic N) is 2. The summed E-state index contributed by atoms with van der Waals surface area (Å²) in [6, 6.07) is 0.121. The van der Waals surface area contributed by atoms with Crippen LogP contribution in [0.4, 0.5) is 4.79 Å². The number of unbranched alkanes of at least 4 members (excludes halogenated alkanes) is 2. The zero-order chi connectivity index (χ0) is 12.7. The normalized spacial score (nSPS) is 15.5. The van der Waals surface area contributed by atoms with E-state index in [1.54, 1.807) is 4.90 Å². The number of amides is 2. The predicted molar refractivity (Wildman–Crippen MR) is 64.7 cm³/mol. The van der Waals surface area contributed by atoms with Gasteiger partial charge in [-0.3, -0.25) is 4.79 Å². The molecule has 0 aromatic heterocycles. The molecule has 0 saturated carbocycles. The number of rotatable bonds is 7. The van der Waals surface area contributed by atoms with Crippen LogP contribution in [0.3, 0.4) is 0 Å². The molecule has 1 rings (SSSR count). The highest BCUT2D eigenvalue weighted by Crippen LogP contribution is 2.09. The highest BCUT2D eigenvalue weighted by Gasteiger charge is 2.24. The summed E-state index contributed by atoms with van der Waals surface area (Å²) in [5.74, 6) is -0.121. The van der Waals surface area contributed by atoms with Crippen LogP contribution in [0, 0.1) is 0 Å². The van der Waals surface area contributed by atoms with Crippen LogP contribution in [-0.4, -0.2) is 55.1 Å². The van der Waals surface area contributed by atoms with Gasteiger partial charge in [-0.15, -0.1) is 0 Å². The monoisotopic (exact) mass is 242 g/mol. The lowest BCUT2D eigenvalue weighted by molar-refractivity contribution is -0.143. The van der Waals surface area contributed by atoms with Gasteiger partial charge in [0.15, 0.2) is 0 Å². The number of carbonyl (C=O) groups is 2. The maximum atomic E-state index is 11.5. The predicted octanol–water partition coefficient (Wildman–Crippen LogP) is 1.48. The van der Waals surface area contributed by atoms with E-state index in [0.29, 0.717) is 13.0 Å². The van der Waals surface area contributed by atoms with Crippen molar-refractivity contribution in [1.29, 1.82) is 0 Å². The second-order valence-corrected chi connectivity index (χ2v) is 4.31. The second kappa shape index (κ2) is 7.14. The van der Waals surface area contributed by atoms with Gasteiger partial charge < -0.3 is 14.5 Å². The van der Waals surface area contributed by atoms with Gasteiger partial charge in [-0.25, -0.2) is 4.79 Å². The Kier molecular flexibility index (Phi) is 5.80. The van der Waals surface area contributed by atoms with Crippen molar-refractivity contribution >= 4 is 12.0 Å². The molecule has 1 heterocycles. The van der Waals surface area contributed by atoms with E-state index in [4.69, 9.17) is 4.74 Å². The lowest BCUT2D eigenvalue weighted by Crippen LogP contribution is -2.30. The van der Waals surface area contributed by atoms with Crippen molar-refractivity contribution in [2.24, 2.45) is 0 Å². The first-order valence-electron chi connectivity index (χ1n) is 6.30. The summed E-state index contributed by atoms with van der Waals surface area (Å²) < 4.78 is 4.84. The molecule has 0 bridgehead atoms. The molecule has 17 heavy (non-hydrogen) atoms. The number of ether oxygens (including phenoxy) is 1. The first-order valence-corrected chi connectivity index (χ1v) is 6.30. The van der Waals surface area contributed by atoms with Crippen molar-refractivity contribution in [3.05, 3.63) is 0 Å². The highest BCUT2D eigenvalue weighted by atomic mass is 16.5. The Morgan fingerprint density at radius 3 is 2.65 bits per heavy atom. The van der Waals surface area contributed by atoms with Crippen LogP contribution in [0.1, 0.15) is 32.6 Å². The second-order valence-electron chi connectivity index (χ2n) is 4.31. The molecule has 1 fully saturated rings. The van der Waals surface area contributed by atoms with Gasteiger partial charge in [-0.2, -0.15) is 0 Å². The van der Waals surface area contributed by atoms with E-state index in [9.17, 15) is 9.59 Å². The minimum absolute atomic E-state index is 0.121. The van der Waals surface area contributed by atoms with E-state index >= 15 is 0 Å². The lowest BCUT2D eigenvalue weighted by atomic mass is 10.2. The molecule has 1 aliphatic heterocycles. The van der Waals surface area contributed by atoms with E-state index in [0.717, 1.165) is 38.9 Å². The SMILES string of the molecule is CCOC(=O)CCCCCN1CCN(C)C1=O. The molecule has 0 atom stereocenters. The summed E-state index contributed by atoms with van der Waals surface area (Å²) in [6.45, 7) is 4.71. The Balaban J connectivity index is 2.01. The molecule has 0 aliphatic carbocycles. The fourth-order valence-electron chi connectivity index (χ4n) is 1.89. The summed E-state index contributed by atoms with van der Waals surface area (Å²) in [5.41, 5.74) is 0. The molecular formula is C12H22N2O3. The fraction of sp³-hybridized carbons (Fsp3) is 0.833. The number of urea groups is 1. The van der Waals surface area contributed by atoms with Gasteiger partial charge in [0.05, 0.1) is 6.61 Å². The zero-order valence-electron chi connectivity index (χ0n) is 10.8.